The summed E-state index contributed by atoms with van der Waals surface area (Å²) in [6.07, 6.45) is 0. The zero-order chi connectivity index (χ0) is 13.0. The van der Waals surface area contributed by atoms with Gasteiger partial charge in [-0.3, -0.25) is 4.79 Å². The number of hydrogen-bond acceptors (Lipinski definition) is 3. The number of benzene rings is 1. The summed E-state index contributed by atoms with van der Waals surface area (Å²) in [5, 5.41) is 3.28. The molecule has 0 bridgehead atoms. The summed E-state index contributed by atoms with van der Waals surface area (Å²) in [4.78, 5) is 14.3. The minimum absolute atomic E-state index is 0.104. The van der Waals surface area contributed by atoms with E-state index in [1.165, 1.54) is 0 Å². The van der Waals surface area contributed by atoms with Gasteiger partial charge in [-0.05, 0) is 38.1 Å². The van der Waals surface area contributed by atoms with E-state index in [4.69, 9.17) is 4.74 Å². The van der Waals surface area contributed by atoms with E-state index < -0.39 is 0 Å². The van der Waals surface area contributed by atoms with Crippen LogP contribution in [0.15, 0.2) is 24.3 Å². The van der Waals surface area contributed by atoms with E-state index in [9.17, 15) is 4.79 Å². The summed E-state index contributed by atoms with van der Waals surface area (Å²) in [6, 6.07) is 7.62. The van der Waals surface area contributed by atoms with Gasteiger partial charge in [0, 0.05) is 31.2 Å². The van der Waals surface area contributed by atoms with Crippen molar-refractivity contribution in [3.05, 3.63) is 29.8 Å². The molecule has 1 aliphatic heterocycles. The van der Waals surface area contributed by atoms with E-state index in [2.05, 4.69) is 12.2 Å². The maximum absolute atomic E-state index is 12.3. The molecule has 4 heteroatoms. The molecule has 18 heavy (non-hydrogen) atoms. The van der Waals surface area contributed by atoms with Gasteiger partial charge < -0.3 is 15.0 Å². The van der Waals surface area contributed by atoms with E-state index in [0.717, 1.165) is 30.9 Å². The van der Waals surface area contributed by atoms with Crippen LogP contribution >= 0.6 is 0 Å². The molecule has 1 aromatic carbocycles. The third-order valence-electron chi connectivity index (χ3n) is 3.17. The van der Waals surface area contributed by atoms with E-state index in [0.29, 0.717) is 6.61 Å². The third kappa shape index (κ3) is 2.82. The highest BCUT2D eigenvalue weighted by Crippen LogP contribution is 2.15. The Morgan fingerprint density at radius 3 is 2.78 bits per heavy atom. The van der Waals surface area contributed by atoms with Crippen molar-refractivity contribution in [1.29, 1.82) is 0 Å². The van der Waals surface area contributed by atoms with Crippen LogP contribution in [-0.4, -0.2) is 43.1 Å². The Morgan fingerprint density at radius 1 is 1.44 bits per heavy atom. The third-order valence-corrected chi connectivity index (χ3v) is 3.17. The first kappa shape index (κ1) is 12.9. The van der Waals surface area contributed by atoms with Crippen LogP contribution in [0.5, 0.6) is 5.75 Å². The minimum Gasteiger partial charge on any atom is -0.494 e. The number of piperazine rings is 1. The normalized spacial score (nSPS) is 19.7. The first-order valence-corrected chi connectivity index (χ1v) is 6.47. The molecular formula is C14H20N2O2. The molecule has 1 amide bonds. The number of carbonyl (C=O) groups excluding carboxylic acids is 1. The second-order valence-electron chi connectivity index (χ2n) is 4.51. The molecule has 1 atom stereocenters. The van der Waals surface area contributed by atoms with Crippen LogP contribution in [0.3, 0.4) is 0 Å². The summed E-state index contributed by atoms with van der Waals surface area (Å²) in [7, 11) is 0. The Labute approximate surface area is 108 Å². The van der Waals surface area contributed by atoms with Gasteiger partial charge in [0.15, 0.2) is 0 Å². The maximum atomic E-state index is 12.3. The van der Waals surface area contributed by atoms with Gasteiger partial charge in [0.2, 0.25) is 0 Å². The molecule has 4 nitrogen and oxygen atoms in total. The molecule has 0 radical (unpaired) electrons. The van der Waals surface area contributed by atoms with Crippen molar-refractivity contribution in [2.45, 2.75) is 19.9 Å². The highest BCUT2D eigenvalue weighted by atomic mass is 16.5. The fourth-order valence-corrected chi connectivity index (χ4v) is 2.17. The lowest BCUT2D eigenvalue weighted by molar-refractivity contribution is 0.0656. The van der Waals surface area contributed by atoms with Gasteiger partial charge in [-0.15, -0.1) is 0 Å². The Hall–Kier alpha value is -1.55. The Morgan fingerprint density at radius 2 is 2.17 bits per heavy atom. The predicted octanol–water partition coefficient (Wildman–Crippen LogP) is 1.52. The van der Waals surface area contributed by atoms with E-state index in [-0.39, 0.29) is 11.9 Å². The van der Waals surface area contributed by atoms with Crippen LogP contribution < -0.4 is 10.1 Å². The average molecular weight is 248 g/mol. The molecule has 1 aromatic rings. The van der Waals surface area contributed by atoms with Gasteiger partial charge in [-0.2, -0.15) is 0 Å². The molecule has 1 N–H and O–H groups in total. The first-order valence-electron chi connectivity index (χ1n) is 6.47. The van der Waals surface area contributed by atoms with E-state index in [1.807, 2.05) is 36.1 Å². The SMILES string of the molecule is CCOc1ccc(C(=O)N2CCNCC2C)cc1. The van der Waals surface area contributed by atoms with Gasteiger partial charge in [0.05, 0.1) is 6.61 Å². The van der Waals surface area contributed by atoms with Crippen LogP contribution in [0.4, 0.5) is 0 Å². The maximum Gasteiger partial charge on any atom is 0.254 e. The topological polar surface area (TPSA) is 41.6 Å². The summed E-state index contributed by atoms with van der Waals surface area (Å²) in [5.74, 6) is 0.912. The largest absolute Gasteiger partial charge is 0.494 e. The van der Waals surface area contributed by atoms with Crippen molar-refractivity contribution < 1.29 is 9.53 Å². The van der Waals surface area contributed by atoms with Gasteiger partial charge in [-0.25, -0.2) is 0 Å². The van der Waals surface area contributed by atoms with Crippen molar-refractivity contribution >= 4 is 5.91 Å². The molecule has 0 saturated carbocycles. The van der Waals surface area contributed by atoms with E-state index >= 15 is 0 Å². The van der Waals surface area contributed by atoms with Crippen LogP contribution in [0.2, 0.25) is 0 Å². The zero-order valence-corrected chi connectivity index (χ0v) is 11.0. The smallest absolute Gasteiger partial charge is 0.254 e. The number of ether oxygens (including phenoxy) is 1. The molecule has 1 aliphatic rings. The second-order valence-corrected chi connectivity index (χ2v) is 4.51. The van der Waals surface area contributed by atoms with Crippen LogP contribution in [0.1, 0.15) is 24.2 Å². The number of nitrogens with one attached hydrogen (secondary N) is 1. The molecule has 0 aromatic heterocycles. The molecular weight excluding hydrogens is 228 g/mol. The molecule has 1 heterocycles. The molecule has 0 aliphatic carbocycles. The first-order chi connectivity index (χ1) is 8.72. The van der Waals surface area contributed by atoms with Gasteiger partial charge in [0.25, 0.3) is 5.91 Å². The molecule has 0 spiro atoms. The van der Waals surface area contributed by atoms with Crippen molar-refractivity contribution in [3.63, 3.8) is 0 Å². The lowest BCUT2D eigenvalue weighted by Crippen LogP contribution is -2.52. The molecule has 98 valence electrons. The number of hydrogen-bond donors (Lipinski definition) is 1. The Bertz CT molecular complexity index is 403. The molecule has 1 unspecified atom stereocenters. The Balaban J connectivity index is 2.08. The summed E-state index contributed by atoms with van der Waals surface area (Å²) in [5.41, 5.74) is 0.729. The molecule has 1 fully saturated rings. The number of carbonyl (C=O) groups is 1. The summed E-state index contributed by atoms with van der Waals surface area (Å²) < 4.78 is 5.37. The molecule has 2 rings (SSSR count). The highest BCUT2D eigenvalue weighted by Gasteiger charge is 2.23. The fraction of sp³-hybridized carbons (Fsp3) is 0.500. The summed E-state index contributed by atoms with van der Waals surface area (Å²) >= 11 is 0. The molecule has 1 saturated heterocycles. The standard InChI is InChI=1S/C14H20N2O2/c1-3-18-13-6-4-12(5-7-13)14(17)16-9-8-15-10-11(16)2/h4-7,11,15H,3,8-10H2,1-2H3. The van der Waals surface area contributed by atoms with Crippen LogP contribution in [0, 0.1) is 0 Å². The van der Waals surface area contributed by atoms with Crippen LogP contribution in [0.25, 0.3) is 0 Å². The predicted molar refractivity (Wildman–Crippen MR) is 71.0 cm³/mol. The zero-order valence-electron chi connectivity index (χ0n) is 11.0. The average Bonchev–Trinajstić information content (AvgIpc) is 2.40. The van der Waals surface area contributed by atoms with Crippen molar-refractivity contribution in [1.82, 2.24) is 10.2 Å². The number of nitrogens with zero attached hydrogens (tertiary/aromatic N) is 1. The second kappa shape index (κ2) is 5.87. The van der Waals surface area contributed by atoms with Gasteiger partial charge in [0.1, 0.15) is 5.75 Å². The number of amides is 1. The fourth-order valence-electron chi connectivity index (χ4n) is 2.17. The van der Waals surface area contributed by atoms with Crippen molar-refractivity contribution in [2.75, 3.05) is 26.2 Å². The lowest BCUT2D eigenvalue weighted by Gasteiger charge is -2.34. The lowest BCUT2D eigenvalue weighted by atomic mass is 10.1. The van der Waals surface area contributed by atoms with Crippen molar-refractivity contribution in [3.8, 4) is 5.75 Å². The minimum atomic E-state index is 0.104. The monoisotopic (exact) mass is 248 g/mol. The quantitative estimate of drug-likeness (QED) is 0.881. The van der Waals surface area contributed by atoms with Gasteiger partial charge in [-0.1, -0.05) is 0 Å². The van der Waals surface area contributed by atoms with Gasteiger partial charge >= 0.3 is 0 Å². The Kier molecular flexibility index (Phi) is 4.20. The van der Waals surface area contributed by atoms with Crippen LogP contribution in [-0.2, 0) is 0 Å². The highest BCUT2D eigenvalue weighted by molar-refractivity contribution is 5.94. The van der Waals surface area contributed by atoms with E-state index in [1.54, 1.807) is 0 Å². The number of rotatable bonds is 3. The van der Waals surface area contributed by atoms with Crippen molar-refractivity contribution in [2.24, 2.45) is 0 Å². The summed E-state index contributed by atoms with van der Waals surface area (Å²) in [6.45, 7) is 7.16.